The van der Waals surface area contributed by atoms with Crippen molar-refractivity contribution in [2.45, 2.75) is 12.6 Å². The first-order valence-corrected chi connectivity index (χ1v) is 4.74. The highest BCUT2D eigenvalue weighted by atomic mass is 16.5. The molecule has 8 heteroatoms. The van der Waals surface area contributed by atoms with E-state index >= 15 is 0 Å². The predicted octanol–water partition coefficient (Wildman–Crippen LogP) is -0.357. The molecule has 0 fully saturated rings. The molecule has 1 atom stereocenters. The molecule has 1 amide bonds. The summed E-state index contributed by atoms with van der Waals surface area (Å²) in [5.41, 5.74) is 0. The Labute approximate surface area is 96.9 Å². The van der Waals surface area contributed by atoms with Gasteiger partial charge in [0.1, 0.15) is 12.6 Å². The SMILES string of the molecule is C=CCOC(=O)N[C@@H](Cn1ccnn1)C(=O)O. The van der Waals surface area contributed by atoms with E-state index in [0.29, 0.717) is 0 Å². The molecule has 0 spiro atoms. The van der Waals surface area contributed by atoms with Gasteiger partial charge < -0.3 is 15.2 Å². The summed E-state index contributed by atoms with van der Waals surface area (Å²) in [6.07, 6.45) is 3.46. The summed E-state index contributed by atoms with van der Waals surface area (Å²) in [6, 6.07) is -1.13. The van der Waals surface area contributed by atoms with Crippen LogP contribution in [-0.4, -0.2) is 44.8 Å². The number of carboxylic acids is 1. The fraction of sp³-hybridized carbons (Fsp3) is 0.333. The summed E-state index contributed by atoms with van der Waals surface area (Å²) >= 11 is 0. The van der Waals surface area contributed by atoms with Crippen molar-refractivity contribution < 1.29 is 19.4 Å². The molecule has 0 radical (unpaired) electrons. The van der Waals surface area contributed by atoms with Crippen molar-refractivity contribution in [3.63, 3.8) is 0 Å². The second kappa shape index (κ2) is 6.26. The van der Waals surface area contributed by atoms with E-state index in [1.165, 1.54) is 23.2 Å². The molecule has 92 valence electrons. The third-order valence-electron chi connectivity index (χ3n) is 1.76. The molecule has 1 rings (SSSR count). The number of alkyl carbamates (subject to hydrolysis) is 1. The molecule has 0 aliphatic carbocycles. The lowest BCUT2D eigenvalue weighted by Crippen LogP contribution is -2.44. The molecule has 0 bridgehead atoms. The van der Waals surface area contributed by atoms with Gasteiger partial charge in [-0.1, -0.05) is 17.9 Å². The Bertz CT molecular complexity index is 390. The zero-order valence-corrected chi connectivity index (χ0v) is 8.94. The van der Waals surface area contributed by atoms with Crippen molar-refractivity contribution in [3.05, 3.63) is 25.0 Å². The standard InChI is InChI=1S/C9H12N4O4/c1-2-5-17-9(16)11-7(8(14)15)6-13-4-3-10-12-13/h2-4,7H,1,5-6H2,(H,11,16)(H,14,15)/t7-/m0/s1. The third-order valence-corrected chi connectivity index (χ3v) is 1.76. The van der Waals surface area contributed by atoms with Gasteiger partial charge in [-0.05, 0) is 0 Å². The van der Waals surface area contributed by atoms with Gasteiger partial charge in [-0.3, -0.25) is 0 Å². The van der Waals surface area contributed by atoms with Crippen LogP contribution in [0.15, 0.2) is 25.0 Å². The minimum absolute atomic E-state index is 0.0154. The number of carbonyl (C=O) groups is 2. The van der Waals surface area contributed by atoms with Crippen molar-refractivity contribution in [3.8, 4) is 0 Å². The molecular weight excluding hydrogens is 228 g/mol. The van der Waals surface area contributed by atoms with Crippen LogP contribution in [0.4, 0.5) is 4.79 Å². The molecule has 0 aliphatic heterocycles. The zero-order chi connectivity index (χ0) is 12.7. The highest BCUT2D eigenvalue weighted by molar-refractivity contribution is 5.79. The largest absolute Gasteiger partial charge is 0.480 e. The van der Waals surface area contributed by atoms with Crippen molar-refractivity contribution in [2.24, 2.45) is 0 Å². The molecule has 1 aromatic heterocycles. The van der Waals surface area contributed by atoms with E-state index in [0.717, 1.165) is 0 Å². The average molecular weight is 240 g/mol. The van der Waals surface area contributed by atoms with Crippen LogP contribution in [0.1, 0.15) is 0 Å². The van der Waals surface area contributed by atoms with Crippen LogP contribution < -0.4 is 5.32 Å². The summed E-state index contributed by atoms with van der Waals surface area (Å²) in [5.74, 6) is -1.18. The maximum Gasteiger partial charge on any atom is 0.408 e. The summed E-state index contributed by atoms with van der Waals surface area (Å²) < 4.78 is 5.91. The van der Waals surface area contributed by atoms with Crippen LogP contribution in [0.25, 0.3) is 0 Å². The van der Waals surface area contributed by atoms with Crippen LogP contribution in [0.5, 0.6) is 0 Å². The van der Waals surface area contributed by atoms with Crippen LogP contribution in [0, 0.1) is 0 Å². The van der Waals surface area contributed by atoms with E-state index in [4.69, 9.17) is 5.11 Å². The van der Waals surface area contributed by atoms with Gasteiger partial charge in [-0.25, -0.2) is 14.3 Å². The highest BCUT2D eigenvalue weighted by Gasteiger charge is 2.21. The molecule has 8 nitrogen and oxygen atoms in total. The van der Waals surface area contributed by atoms with Gasteiger partial charge in [0.2, 0.25) is 0 Å². The third kappa shape index (κ3) is 4.33. The van der Waals surface area contributed by atoms with Gasteiger partial charge in [-0.15, -0.1) is 5.10 Å². The smallest absolute Gasteiger partial charge is 0.408 e. The lowest BCUT2D eigenvalue weighted by Gasteiger charge is -2.13. The quantitative estimate of drug-likeness (QED) is 0.658. The van der Waals surface area contributed by atoms with E-state index in [2.05, 4.69) is 26.9 Å². The number of hydrogen-bond acceptors (Lipinski definition) is 5. The summed E-state index contributed by atoms with van der Waals surface area (Å²) in [7, 11) is 0. The first-order chi connectivity index (χ1) is 8.13. The van der Waals surface area contributed by atoms with Gasteiger partial charge in [0, 0.05) is 6.20 Å². The molecule has 0 aromatic carbocycles. The number of nitrogens with zero attached hydrogens (tertiary/aromatic N) is 3. The Balaban J connectivity index is 2.51. The second-order valence-electron chi connectivity index (χ2n) is 3.05. The number of hydrogen-bond donors (Lipinski definition) is 2. The maximum atomic E-state index is 11.2. The zero-order valence-electron chi connectivity index (χ0n) is 8.94. The number of carboxylic acid groups (broad SMARTS) is 1. The number of aliphatic carboxylic acids is 1. The van der Waals surface area contributed by atoms with E-state index in [1.54, 1.807) is 0 Å². The highest BCUT2D eigenvalue weighted by Crippen LogP contribution is 1.92. The molecule has 2 N–H and O–H groups in total. The van der Waals surface area contributed by atoms with Crippen LogP contribution in [0.2, 0.25) is 0 Å². The predicted molar refractivity (Wildman–Crippen MR) is 56.1 cm³/mol. The fourth-order valence-corrected chi connectivity index (χ4v) is 1.02. The average Bonchev–Trinajstić information content (AvgIpc) is 2.78. The maximum absolute atomic E-state index is 11.2. The van der Waals surface area contributed by atoms with E-state index in [9.17, 15) is 9.59 Å². The van der Waals surface area contributed by atoms with Crippen molar-refractivity contribution in [1.29, 1.82) is 0 Å². The molecule has 17 heavy (non-hydrogen) atoms. The normalized spacial score (nSPS) is 11.5. The van der Waals surface area contributed by atoms with Crippen molar-refractivity contribution in [2.75, 3.05) is 6.61 Å². The lowest BCUT2D eigenvalue weighted by molar-refractivity contribution is -0.139. The van der Waals surface area contributed by atoms with E-state index in [1.807, 2.05) is 0 Å². The Morgan fingerprint density at radius 1 is 1.65 bits per heavy atom. The monoisotopic (exact) mass is 240 g/mol. The number of nitrogens with one attached hydrogen (secondary N) is 1. The molecule has 0 aliphatic rings. The van der Waals surface area contributed by atoms with Gasteiger partial charge in [0.15, 0.2) is 0 Å². The lowest BCUT2D eigenvalue weighted by atomic mass is 10.3. The van der Waals surface area contributed by atoms with Crippen LogP contribution in [-0.2, 0) is 16.1 Å². The number of aromatic nitrogens is 3. The van der Waals surface area contributed by atoms with Gasteiger partial charge >= 0.3 is 12.1 Å². The molecule has 0 saturated carbocycles. The van der Waals surface area contributed by atoms with E-state index < -0.39 is 18.1 Å². The summed E-state index contributed by atoms with van der Waals surface area (Å²) in [4.78, 5) is 22.0. The molecule has 1 heterocycles. The minimum Gasteiger partial charge on any atom is -0.480 e. The molecular formula is C9H12N4O4. The number of ether oxygens (including phenoxy) is 1. The molecule has 0 saturated heterocycles. The molecule has 1 aromatic rings. The Morgan fingerprint density at radius 3 is 2.94 bits per heavy atom. The minimum atomic E-state index is -1.18. The number of carbonyl (C=O) groups excluding carboxylic acids is 1. The number of rotatable bonds is 6. The fourth-order valence-electron chi connectivity index (χ4n) is 1.02. The van der Waals surface area contributed by atoms with Gasteiger partial charge in [0.25, 0.3) is 0 Å². The first-order valence-electron chi connectivity index (χ1n) is 4.74. The van der Waals surface area contributed by atoms with Crippen molar-refractivity contribution >= 4 is 12.1 Å². The van der Waals surface area contributed by atoms with Crippen LogP contribution in [0.3, 0.4) is 0 Å². The summed E-state index contributed by atoms with van der Waals surface area (Å²) in [5, 5.41) is 18.2. The van der Waals surface area contributed by atoms with Crippen molar-refractivity contribution in [1.82, 2.24) is 20.3 Å². The topological polar surface area (TPSA) is 106 Å². The van der Waals surface area contributed by atoms with E-state index in [-0.39, 0.29) is 13.2 Å². The van der Waals surface area contributed by atoms with Crippen LogP contribution >= 0.6 is 0 Å². The number of amides is 1. The first kappa shape index (κ1) is 12.7. The summed E-state index contributed by atoms with van der Waals surface area (Å²) in [6.45, 7) is 3.35. The second-order valence-corrected chi connectivity index (χ2v) is 3.05. The molecule has 0 unspecified atom stereocenters. The van der Waals surface area contributed by atoms with Gasteiger partial charge in [-0.2, -0.15) is 0 Å². The van der Waals surface area contributed by atoms with Gasteiger partial charge in [0.05, 0.1) is 12.7 Å². The Hall–Kier alpha value is -2.38. The Kier molecular flexibility index (Phi) is 4.67. The Morgan fingerprint density at radius 2 is 2.41 bits per heavy atom.